The number of aliphatic carboxylic acids is 1. The number of hydrogen-bond donors (Lipinski definition) is 7. The fraction of sp³-hybridized carbons (Fsp3) is 0.368. The molecule has 0 fully saturated rings. The first-order valence-corrected chi connectivity index (χ1v) is 9.20. The number of carbonyl (C=O) groups is 4. The number of H-pyrrole nitrogens is 1. The lowest BCUT2D eigenvalue weighted by Crippen LogP contribution is -2.57. The predicted molar refractivity (Wildman–Crippen MR) is 107 cm³/mol. The van der Waals surface area contributed by atoms with Crippen LogP contribution in [0.3, 0.4) is 0 Å². The number of aliphatic hydroxyl groups is 1. The van der Waals surface area contributed by atoms with E-state index in [0.29, 0.717) is 5.56 Å². The summed E-state index contributed by atoms with van der Waals surface area (Å²) in [5, 5.41) is 24.3. The van der Waals surface area contributed by atoms with Crippen molar-refractivity contribution < 1.29 is 29.4 Å². The summed E-state index contributed by atoms with van der Waals surface area (Å²) in [4.78, 5) is 50.5. The van der Waals surface area contributed by atoms with Crippen molar-refractivity contribution in [2.24, 2.45) is 11.5 Å². The molecule has 4 atom stereocenters. The number of aliphatic hydroxyl groups excluding tert-OH is 1. The second-order valence-corrected chi connectivity index (χ2v) is 6.97. The Bertz CT molecular complexity index is 940. The van der Waals surface area contributed by atoms with E-state index in [9.17, 15) is 29.4 Å². The maximum atomic E-state index is 12.8. The van der Waals surface area contributed by atoms with Crippen molar-refractivity contribution in [1.29, 1.82) is 0 Å². The zero-order valence-corrected chi connectivity index (χ0v) is 16.3. The van der Waals surface area contributed by atoms with Crippen LogP contribution >= 0.6 is 0 Å². The van der Waals surface area contributed by atoms with Gasteiger partial charge >= 0.3 is 5.97 Å². The van der Waals surface area contributed by atoms with Gasteiger partial charge in [-0.15, -0.1) is 0 Å². The molecule has 0 spiro atoms. The van der Waals surface area contributed by atoms with Gasteiger partial charge in [-0.05, 0) is 18.6 Å². The van der Waals surface area contributed by atoms with Crippen molar-refractivity contribution in [3.63, 3.8) is 0 Å². The number of benzene rings is 1. The first-order valence-electron chi connectivity index (χ1n) is 9.20. The molecular weight excluding hydrogens is 394 g/mol. The molecule has 1 heterocycles. The van der Waals surface area contributed by atoms with E-state index < -0.39 is 54.3 Å². The first kappa shape index (κ1) is 22.8. The molecule has 0 aliphatic rings. The Balaban J connectivity index is 2.26. The quantitative estimate of drug-likeness (QED) is 0.239. The lowest BCUT2D eigenvalue weighted by molar-refractivity contribution is -0.145. The number of rotatable bonds is 10. The van der Waals surface area contributed by atoms with E-state index in [1.807, 2.05) is 24.3 Å². The van der Waals surface area contributed by atoms with Gasteiger partial charge in [0.1, 0.15) is 6.04 Å². The molecule has 0 radical (unpaired) electrons. The number of carbonyl (C=O) groups excluding carboxylic acids is 3. The Hall–Kier alpha value is -3.44. The molecule has 1 aromatic carbocycles. The second-order valence-electron chi connectivity index (χ2n) is 6.97. The number of hydrogen-bond acceptors (Lipinski definition) is 6. The zero-order valence-electron chi connectivity index (χ0n) is 16.3. The monoisotopic (exact) mass is 419 g/mol. The highest BCUT2D eigenvalue weighted by Crippen LogP contribution is 2.19. The fourth-order valence-electron chi connectivity index (χ4n) is 2.96. The Labute approximate surface area is 171 Å². The minimum absolute atomic E-state index is 0.0109. The second kappa shape index (κ2) is 9.85. The molecule has 2 aromatic rings. The van der Waals surface area contributed by atoms with E-state index in [0.717, 1.165) is 10.9 Å². The van der Waals surface area contributed by atoms with Gasteiger partial charge < -0.3 is 37.3 Å². The maximum absolute atomic E-state index is 12.8. The van der Waals surface area contributed by atoms with Crippen LogP contribution in [0.5, 0.6) is 0 Å². The fourth-order valence-corrected chi connectivity index (χ4v) is 2.96. The summed E-state index contributed by atoms with van der Waals surface area (Å²) >= 11 is 0. The topological polar surface area (TPSA) is 201 Å². The van der Waals surface area contributed by atoms with Crippen LogP contribution < -0.4 is 22.1 Å². The molecule has 1 aromatic heterocycles. The third-order valence-electron chi connectivity index (χ3n) is 4.54. The number of nitrogens with one attached hydrogen (secondary N) is 3. The highest BCUT2D eigenvalue weighted by molar-refractivity contribution is 5.94. The summed E-state index contributed by atoms with van der Waals surface area (Å²) < 4.78 is 0. The molecule has 0 aliphatic carbocycles. The molecule has 162 valence electrons. The van der Waals surface area contributed by atoms with E-state index in [-0.39, 0.29) is 6.42 Å². The first-order chi connectivity index (χ1) is 14.1. The number of amides is 3. The molecule has 9 N–H and O–H groups in total. The Kier molecular flexibility index (Phi) is 7.50. The van der Waals surface area contributed by atoms with Crippen LogP contribution in [-0.4, -0.2) is 63.1 Å². The maximum Gasteiger partial charge on any atom is 0.328 e. The van der Waals surface area contributed by atoms with E-state index in [2.05, 4.69) is 15.6 Å². The highest BCUT2D eigenvalue weighted by Gasteiger charge is 2.31. The summed E-state index contributed by atoms with van der Waals surface area (Å²) in [6, 6.07) is 3.25. The van der Waals surface area contributed by atoms with Crippen LogP contribution in [0.25, 0.3) is 10.9 Å². The molecule has 0 saturated heterocycles. The molecule has 11 nitrogen and oxygen atoms in total. The normalized spacial score (nSPS) is 15.0. The van der Waals surface area contributed by atoms with Crippen LogP contribution in [0, 0.1) is 0 Å². The van der Waals surface area contributed by atoms with Crippen molar-refractivity contribution in [2.45, 2.75) is 44.0 Å². The number of nitrogens with two attached hydrogens (primary N) is 2. The summed E-state index contributed by atoms with van der Waals surface area (Å²) in [5.41, 5.74) is 12.2. The molecular formula is C19H25N5O6. The van der Waals surface area contributed by atoms with Crippen LogP contribution in [0.1, 0.15) is 18.9 Å². The van der Waals surface area contributed by atoms with Crippen molar-refractivity contribution in [3.8, 4) is 0 Å². The zero-order chi connectivity index (χ0) is 22.4. The summed E-state index contributed by atoms with van der Waals surface area (Å²) in [5.74, 6) is -3.83. The minimum Gasteiger partial charge on any atom is -0.480 e. The average molecular weight is 419 g/mol. The SMILES string of the molecule is CC(O)C(NC(=O)C(Cc1c[nH]c2ccccc12)NC(=O)C(N)CC(N)=O)C(=O)O. The van der Waals surface area contributed by atoms with Gasteiger partial charge in [0.05, 0.1) is 18.6 Å². The van der Waals surface area contributed by atoms with Crippen LogP contribution in [-0.2, 0) is 25.6 Å². The smallest absolute Gasteiger partial charge is 0.328 e. The van der Waals surface area contributed by atoms with Gasteiger partial charge in [0.15, 0.2) is 6.04 Å². The van der Waals surface area contributed by atoms with Gasteiger partial charge in [0, 0.05) is 23.5 Å². The number of aromatic amines is 1. The third kappa shape index (κ3) is 5.78. The molecule has 0 aliphatic heterocycles. The molecule has 3 amide bonds. The lowest BCUT2D eigenvalue weighted by atomic mass is 10.0. The van der Waals surface area contributed by atoms with Crippen molar-refractivity contribution in [3.05, 3.63) is 36.0 Å². The Morgan fingerprint density at radius 3 is 2.40 bits per heavy atom. The standard InChI is InChI=1S/C19H25N5O6/c1-9(25)16(19(29)30)24-18(28)14(23-17(27)12(20)7-15(21)26)6-10-8-22-13-5-3-2-4-11(10)13/h2-5,8-9,12,14,16,22,25H,6-7,20H2,1H3,(H2,21,26)(H,23,27)(H,24,28)(H,29,30). The Morgan fingerprint density at radius 1 is 1.13 bits per heavy atom. The van der Waals surface area contributed by atoms with Crippen molar-refractivity contribution >= 4 is 34.6 Å². The van der Waals surface area contributed by atoms with E-state index in [1.165, 1.54) is 6.92 Å². The molecule has 11 heteroatoms. The van der Waals surface area contributed by atoms with E-state index >= 15 is 0 Å². The number of carboxylic acids is 1. The summed E-state index contributed by atoms with van der Waals surface area (Å²) in [6.45, 7) is 1.22. The van der Waals surface area contributed by atoms with E-state index in [4.69, 9.17) is 11.5 Å². The van der Waals surface area contributed by atoms with Crippen molar-refractivity contribution in [1.82, 2.24) is 15.6 Å². The average Bonchev–Trinajstić information content (AvgIpc) is 3.07. The van der Waals surface area contributed by atoms with Crippen LogP contribution in [0.4, 0.5) is 0 Å². The number of fused-ring (bicyclic) bond motifs is 1. The predicted octanol–water partition coefficient (Wildman–Crippen LogP) is -1.65. The van der Waals surface area contributed by atoms with Gasteiger partial charge in [0.2, 0.25) is 17.7 Å². The number of aromatic nitrogens is 1. The molecule has 4 unspecified atom stereocenters. The van der Waals surface area contributed by atoms with Crippen molar-refractivity contribution in [2.75, 3.05) is 0 Å². The van der Waals surface area contributed by atoms with Gasteiger partial charge in [-0.2, -0.15) is 0 Å². The van der Waals surface area contributed by atoms with Gasteiger partial charge in [0.25, 0.3) is 0 Å². The molecule has 0 saturated carbocycles. The van der Waals surface area contributed by atoms with Crippen LogP contribution in [0.15, 0.2) is 30.5 Å². The highest BCUT2D eigenvalue weighted by atomic mass is 16.4. The van der Waals surface area contributed by atoms with Gasteiger partial charge in [-0.3, -0.25) is 14.4 Å². The molecule has 2 rings (SSSR count). The van der Waals surface area contributed by atoms with Crippen LogP contribution in [0.2, 0.25) is 0 Å². The minimum atomic E-state index is -1.57. The summed E-state index contributed by atoms with van der Waals surface area (Å²) in [6.07, 6.45) is -0.104. The number of primary amides is 1. The van der Waals surface area contributed by atoms with E-state index in [1.54, 1.807) is 6.20 Å². The molecule has 30 heavy (non-hydrogen) atoms. The summed E-state index contributed by atoms with van der Waals surface area (Å²) in [7, 11) is 0. The largest absolute Gasteiger partial charge is 0.480 e. The van der Waals surface area contributed by atoms with Gasteiger partial charge in [-0.25, -0.2) is 4.79 Å². The van der Waals surface area contributed by atoms with Gasteiger partial charge in [-0.1, -0.05) is 18.2 Å². The lowest BCUT2D eigenvalue weighted by Gasteiger charge is -2.23. The Morgan fingerprint density at radius 2 is 1.80 bits per heavy atom. The third-order valence-corrected chi connectivity index (χ3v) is 4.54. The number of carboxylic acid groups (broad SMARTS) is 1. The molecule has 0 bridgehead atoms. The number of para-hydroxylation sites is 1.